The minimum atomic E-state index is -3.83. The van der Waals surface area contributed by atoms with Crippen molar-refractivity contribution < 1.29 is 22.7 Å². The highest BCUT2D eigenvalue weighted by Gasteiger charge is 2.41. The van der Waals surface area contributed by atoms with E-state index in [2.05, 4.69) is 48.4 Å². The number of esters is 1. The number of para-hydroxylation sites is 1. The average Bonchev–Trinajstić information content (AvgIpc) is 3.63. The molecule has 0 bridgehead atoms. The fourth-order valence-corrected chi connectivity index (χ4v) is 8.92. The molecule has 2 aliphatic rings. The molecule has 0 radical (unpaired) electrons. The van der Waals surface area contributed by atoms with Gasteiger partial charge in [0, 0.05) is 12.5 Å². The van der Waals surface area contributed by atoms with E-state index >= 15 is 0 Å². The number of unbranched alkanes of at least 4 members (excludes halogenated alkanes) is 1. The lowest BCUT2D eigenvalue weighted by molar-refractivity contribution is -0.143. The van der Waals surface area contributed by atoms with Crippen molar-refractivity contribution in [2.45, 2.75) is 102 Å². The molecule has 0 spiro atoms. The summed E-state index contributed by atoms with van der Waals surface area (Å²) in [6.07, 6.45) is 5.08. The quantitative estimate of drug-likeness (QED) is 0.164. The summed E-state index contributed by atoms with van der Waals surface area (Å²) in [5.41, 5.74) is 6.85. The monoisotopic (exact) mass is 644 g/mol. The molecule has 0 fully saturated rings. The average molecular weight is 645 g/mol. The minimum absolute atomic E-state index is 0.162. The van der Waals surface area contributed by atoms with E-state index in [4.69, 9.17) is 9.47 Å². The van der Waals surface area contributed by atoms with Gasteiger partial charge in [-0.2, -0.15) is 4.31 Å². The Hall–Kier alpha value is -3.76. The Morgan fingerprint density at radius 1 is 1.09 bits per heavy atom. The number of aromatic nitrogens is 3. The minimum Gasteiger partial charge on any atom is -0.488 e. The fourth-order valence-electron chi connectivity index (χ4n) is 7.13. The number of ether oxygens (including phenoxy) is 2. The summed E-state index contributed by atoms with van der Waals surface area (Å²) in [5.74, 6) is -0.149. The fraction of sp³-hybridized carbons (Fsp3) is 0.472. The van der Waals surface area contributed by atoms with Crippen molar-refractivity contribution in [3.8, 4) is 5.75 Å². The van der Waals surface area contributed by atoms with E-state index in [-0.39, 0.29) is 35.3 Å². The zero-order valence-electron chi connectivity index (χ0n) is 27.2. The summed E-state index contributed by atoms with van der Waals surface area (Å²) in [4.78, 5) is 13.2. The van der Waals surface area contributed by atoms with Gasteiger partial charge in [0.15, 0.2) is 0 Å². The number of hydrogen-bond donors (Lipinski definition) is 0. The van der Waals surface area contributed by atoms with E-state index in [1.165, 1.54) is 0 Å². The first-order chi connectivity index (χ1) is 22.3. The van der Waals surface area contributed by atoms with Gasteiger partial charge < -0.3 is 9.47 Å². The summed E-state index contributed by atoms with van der Waals surface area (Å²) >= 11 is 0. The van der Waals surface area contributed by atoms with Gasteiger partial charge in [-0.1, -0.05) is 61.9 Å². The second-order valence-corrected chi connectivity index (χ2v) is 14.3. The number of nitrogens with zero attached hydrogens (tertiary/aromatic N) is 4. The lowest BCUT2D eigenvalue weighted by Gasteiger charge is -2.30. The normalized spacial score (nSPS) is 19.7. The van der Waals surface area contributed by atoms with E-state index in [0.29, 0.717) is 25.3 Å². The molecule has 0 saturated heterocycles. The highest BCUT2D eigenvalue weighted by atomic mass is 32.2. The van der Waals surface area contributed by atoms with Crippen molar-refractivity contribution in [3.05, 3.63) is 82.4 Å². The summed E-state index contributed by atoms with van der Waals surface area (Å²) < 4.78 is 43.9. The second-order valence-electron chi connectivity index (χ2n) is 12.4. The van der Waals surface area contributed by atoms with Crippen LogP contribution in [0.4, 0.5) is 0 Å². The Kier molecular flexibility index (Phi) is 9.47. The third-order valence-corrected chi connectivity index (χ3v) is 11.3. The molecule has 1 aromatic heterocycles. The molecule has 3 atom stereocenters. The maximum absolute atomic E-state index is 14.3. The van der Waals surface area contributed by atoms with Gasteiger partial charge in [0.05, 0.1) is 31.1 Å². The first kappa shape index (κ1) is 32.2. The first-order valence-corrected chi connectivity index (χ1v) is 18.1. The van der Waals surface area contributed by atoms with Gasteiger partial charge in [-0.05, 0) is 92.0 Å². The standard InChI is InChI=1S/C36H44N4O5S/c1-5-8-11-27-23-40(46(42,43)34-13-10-9-12-33(34)45-27)31-18-16-25-14-15-26(21-30(25)31)29(22-35(41)44-7-3)28-17-19-32-36(24(28)4)37-38-39(32)20-6-2/h9-10,12-15,17,19,21,27,29,31H,5-8,11,16,18,20,22-23H2,1-4H3. The molecule has 46 heavy (non-hydrogen) atoms. The van der Waals surface area contributed by atoms with Crippen LogP contribution in [0.1, 0.15) is 99.1 Å². The molecule has 2 heterocycles. The highest BCUT2D eigenvalue weighted by Crippen LogP contribution is 2.44. The molecule has 1 aliphatic carbocycles. The maximum atomic E-state index is 14.3. The van der Waals surface area contributed by atoms with Crippen LogP contribution < -0.4 is 4.74 Å². The van der Waals surface area contributed by atoms with Crippen LogP contribution in [0.25, 0.3) is 11.0 Å². The van der Waals surface area contributed by atoms with Crippen LogP contribution in [0.15, 0.2) is 59.5 Å². The molecule has 10 heteroatoms. The molecule has 0 saturated carbocycles. The van der Waals surface area contributed by atoms with Gasteiger partial charge in [-0.25, -0.2) is 13.1 Å². The molecular weight excluding hydrogens is 600 g/mol. The van der Waals surface area contributed by atoms with Crippen molar-refractivity contribution in [2.75, 3.05) is 13.2 Å². The van der Waals surface area contributed by atoms with Crippen LogP contribution in [0.2, 0.25) is 0 Å². The number of rotatable bonds is 11. The van der Waals surface area contributed by atoms with Gasteiger partial charge in [0.1, 0.15) is 22.3 Å². The molecule has 4 aromatic rings. The van der Waals surface area contributed by atoms with Crippen LogP contribution in [-0.4, -0.2) is 52.9 Å². The number of sulfonamides is 1. The molecule has 1 aliphatic heterocycles. The molecule has 0 N–H and O–H groups in total. The molecule has 6 rings (SSSR count). The summed E-state index contributed by atoms with van der Waals surface area (Å²) in [5, 5.41) is 8.89. The zero-order valence-corrected chi connectivity index (χ0v) is 28.1. The summed E-state index contributed by atoms with van der Waals surface area (Å²) in [7, 11) is -3.83. The third-order valence-electron chi connectivity index (χ3n) is 9.43. The Balaban J connectivity index is 1.42. The number of hydrogen-bond acceptors (Lipinski definition) is 7. The highest BCUT2D eigenvalue weighted by molar-refractivity contribution is 7.89. The van der Waals surface area contributed by atoms with Crippen molar-refractivity contribution in [1.82, 2.24) is 19.3 Å². The van der Waals surface area contributed by atoms with Crippen molar-refractivity contribution >= 4 is 27.0 Å². The third kappa shape index (κ3) is 6.05. The van der Waals surface area contributed by atoms with Crippen molar-refractivity contribution in [2.24, 2.45) is 0 Å². The molecule has 0 amide bonds. The van der Waals surface area contributed by atoms with Gasteiger partial charge in [0.2, 0.25) is 10.0 Å². The van der Waals surface area contributed by atoms with Gasteiger partial charge in [-0.3, -0.25) is 4.79 Å². The van der Waals surface area contributed by atoms with E-state index in [0.717, 1.165) is 77.5 Å². The predicted octanol–water partition coefficient (Wildman–Crippen LogP) is 6.86. The van der Waals surface area contributed by atoms with E-state index in [1.807, 2.05) is 30.7 Å². The first-order valence-electron chi connectivity index (χ1n) is 16.6. The van der Waals surface area contributed by atoms with Gasteiger partial charge >= 0.3 is 5.97 Å². The molecule has 3 aromatic carbocycles. The molecule has 3 unspecified atom stereocenters. The number of benzene rings is 3. The van der Waals surface area contributed by atoms with Gasteiger partial charge in [-0.15, -0.1) is 5.10 Å². The van der Waals surface area contributed by atoms with Crippen LogP contribution in [0.5, 0.6) is 5.75 Å². The topological polar surface area (TPSA) is 104 Å². The number of carbonyl (C=O) groups is 1. The molecule has 9 nitrogen and oxygen atoms in total. The van der Waals surface area contributed by atoms with Crippen molar-refractivity contribution in [1.29, 1.82) is 0 Å². The summed E-state index contributed by atoms with van der Waals surface area (Å²) in [6.45, 7) is 9.47. The Labute approximate surface area is 271 Å². The molecular formula is C36H44N4O5S. The smallest absolute Gasteiger partial charge is 0.306 e. The van der Waals surface area contributed by atoms with E-state index < -0.39 is 10.0 Å². The Morgan fingerprint density at radius 3 is 2.70 bits per heavy atom. The SMILES string of the molecule is CCCCC1CN(C2CCc3ccc(C(CC(=O)OCC)c4ccc5c(nnn5CCC)c4C)cc32)S(=O)(=O)c2ccccc2O1. The largest absolute Gasteiger partial charge is 0.488 e. The summed E-state index contributed by atoms with van der Waals surface area (Å²) in [6, 6.07) is 17.1. The van der Waals surface area contributed by atoms with Crippen LogP contribution >= 0.6 is 0 Å². The number of fused-ring (bicyclic) bond motifs is 3. The Morgan fingerprint density at radius 2 is 1.91 bits per heavy atom. The predicted molar refractivity (Wildman–Crippen MR) is 177 cm³/mol. The maximum Gasteiger partial charge on any atom is 0.306 e. The van der Waals surface area contributed by atoms with Crippen LogP contribution in [-0.2, 0) is 32.5 Å². The lowest BCUT2D eigenvalue weighted by Crippen LogP contribution is -2.39. The zero-order chi connectivity index (χ0) is 32.4. The lowest BCUT2D eigenvalue weighted by atomic mass is 9.84. The molecule has 244 valence electrons. The van der Waals surface area contributed by atoms with Gasteiger partial charge in [0.25, 0.3) is 0 Å². The number of carbonyl (C=O) groups excluding carboxylic acids is 1. The Bertz CT molecular complexity index is 1840. The van der Waals surface area contributed by atoms with E-state index in [1.54, 1.807) is 22.5 Å². The van der Waals surface area contributed by atoms with E-state index in [9.17, 15) is 13.2 Å². The van der Waals surface area contributed by atoms with Crippen LogP contribution in [0.3, 0.4) is 0 Å². The van der Waals surface area contributed by atoms with Crippen LogP contribution in [0, 0.1) is 6.92 Å². The van der Waals surface area contributed by atoms with Crippen molar-refractivity contribution in [3.63, 3.8) is 0 Å². The second kappa shape index (κ2) is 13.5. The number of aryl methyl sites for hydroxylation is 3.